The summed E-state index contributed by atoms with van der Waals surface area (Å²) in [6, 6.07) is 23.2. The molecule has 0 unspecified atom stereocenters. The molecule has 1 aliphatic heterocycles. The molecule has 1 aliphatic rings. The number of benzene rings is 3. The van der Waals surface area contributed by atoms with Crippen molar-refractivity contribution in [3.63, 3.8) is 0 Å². The maximum absolute atomic E-state index is 12.9. The fourth-order valence-corrected chi connectivity index (χ4v) is 4.21. The van der Waals surface area contributed by atoms with E-state index in [1.165, 1.54) is 0 Å². The number of anilines is 3. The summed E-state index contributed by atoms with van der Waals surface area (Å²) in [4.78, 5) is 30.2. The lowest BCUT2D eigenvalue weighted by Gasteiger charge is -2.27. The largest absolute Gasteiger partial charge is 0.370 e. The van der Waals surface area contributed by atoms with Gasteiger partial charge >= 0.3 is 0 Å². The number of para-hydroxylation sites is 2. The van der Waals surface area contributed by atoms with Crippen molar-refractivity contribution in [1.29, 1.82) is 0 Å². The molecule has 34 heavy (non-hydrogen) atoms. The van der Waals surface area contributed by atoms with Gasteiger partial charge in [0.25, 0.3) is 11.8 Å². The zero-order valence-corrected chi connectivity index (χ0v) is 18.7. The van der Waals surface area contributed by atoms with Gasteiger partial charge in [0, 0.05) is 41.6 Å². The number of fused-ring (bicyclic) bond motifs is 1. The molecule has 0 saturated carbocycles. The molecule has 0 bridgehead atoms. The summed E-state index contributed by atoms with van der Waals surface area (Å²) >= 11 is 0. The van der Waals surface area contributed by atoms with E-state index in [0.717, 1.165) is 33.5 Å². The summed E-state index contributed by atoms with van der Waals surface area (Å²) in [6.45, 7) is 1.70. The van der Waals surface area contributed by atoms with Gasteiger partial charge in [-0.15, -0.1) is 0 Å². The molecule has 0 aliphatic carbocycles. The SMILES string of the molecule is O=C(NCCc1c[nH]c2ccc(N3CCOCC3=O)cc12)c1ccccc1Nc1ccccc1. The average Bonchev–Trinajstić information content (AvgIpc) is 3.27. The number of hydrogen-bond acceptors (Lipinski definition) is 4. The first kappa shape index (κ1) is 21.7. The van der Waals surface area contributed by atoms with Crippen molar-refractivity contribution in [2.75, 3.05) is 36.5 Å². The van der Waals surface area contributed by atoms with Crippen LogP contribution in [0.5, 0.6) is 0 Å². The monoisotopic (exact) mass is 454 g/mol. The number of ether oxygens (including phenoxy) is 1. The highest BCUT2D eigenvalue weighted by molar-refractivity contribution is 6.00. The van der Waals surface area contributed by atoms with E-state index < -0.39 is 0 Å². The van der Waals surface area contributed by atoms with Crippen LogP contribution in [-0.2, 0) is 16.0 Å². The van der Waals surface area contributed by atoms with Gasteiger partial charge in [-0.25, -0.2) is 0 Å². The fourth-order valence-electron chi connectivity index (χ4n) is 4.21. The van der Waals surface area contributed by atoms with Gasteiger partial charge in [0.05, 0.1) is 17.9 Å². The Balaban J connectivity index is 1.26. The number of rotatable bonds is 7. The molecule has 0 radical (unpaired) electrons. The molecule has 5 rings (SSSR count). The van der Waals surface area contributed by atoms with Crippen LogP contribution in [-0.4, -0.2) is 43.1 Å². The van der Waals surface area contributed by atoms with Crippen LogP contribution >= 0.6 is 0 Å². The van der Waals surface area contributed by atoms with Crippen molar-refractivity contribution in [3.8, 4) is 0 Å². The number of aromatic amines is 1. The second-order valence-electron chi connectivity index (χ2n) is 8.18. The van der Waals surface area contributed by atoms with Crippen molar-refractivity contribution in [1.82, 2.24) is 10.3 Å². The van der Waals surface area contributed by atoms with Crippen molar-refractivity contribution >= 4 is 39.8 Å². The Morgan fingerprint density at radius 1 is 1.03 bits per heavy atom. The molecule has 4 aromatic rings. The third-order valence-electron chi connectivity index (χ3n) is 5.95. The summed E-state index contributed by atoms with van der Waals surface area (Å²) in [5, 5.41) is 7.41. The summed E-state index contributed by atoms with van der Waals surface area (Å²) < 4.78 is 5.24. The molecule has 1 aromatic heterocycles. The first-order valence-corrected chi connectivity index (χ1v) is 11.4. The van der Waals surface area contributed by atoms with Gasteiger partial charge in [-0.1, -0.05) is 30.3 Å². The standard InChI is InChI=1S/C27H26N4O3/c32-26-18-34-15-14-31(26)21-10-11-24-23(16-21)19(17-29-24)12-13-28-27(33)22-8-4-5-9-25(22)30-20-6-2-1-3-7-20/h1-11,16-17,29-30H,12-15,18H2,(H,28,33). The molecule has 0 atom stereocenters. The van der Waals surface area contributed by atoms with Crippen LogP contribution in [0.4, 0.5) is 17.1 Å². The smallest absolute Gasteiger partial charge is 0.253 e. The van der Waals surface area contributed by atoms with Crippen LogP contribution < -0.4 is 15.5 Å². The minimum atomic E-state index is -0.126. The van der Waals surface area contributed by atoms with Crippen molar-refractivity contribution in [2.45, 2.75) is 6.42 Å². The maximum Gasteiger partial charge on any atom is 0.253 e. The number of aromatic nitrogens is 1. The van der Waals surface area contributed by atoms with Crippen LogP contribution in [0.15, 0.2) is 79.0 Å². The van der Waals surface area contributed by atoms with Crippen LogP contribution in [0.3, 0.4) is 0 Å². The van der Waals surface area contributed by atoms with Crippen LogP contribution in [0, 0.1) is 0 Å². The van der Waals surface area contributed by atoms with Crippen molar-refractivity contribution in [2.24, 2.45) is 0 Å². The fraction of sp³-hybridized carbons (Fsp3) is 0.185. The number of carbonyl (C=O) groups excluding carboxylic acids is 2. The molecule has 2 amide bonds. The second kappa shape index (κ2) is 9.80. The summed E-state index contributed by atoms with van der Waals surface area (Å²) in [6.07, 6.45) is 2.63. The first-order valence-electron chi connectivity index (χ1n) is 11.4. The van der Waals surface area contributed by atoms with Crippen molar-refractivity contribution in [3.05, 3.63) is 90.1 Å². The minimum Gasteiger partial charge on any atom is -0.370 e. The van der Waals surface area contributed by atoms with E-state index in [2.05, 4.69) is 15.6 Å². The Bertz CT molecular complexity index is 1320. The highest BCUT2D eigenvalue weighted by Gasteiger charge is 2.21. The summed E-state index contributed by atoms with van der Waals surface area (Å²) in [7, 11) is 0. The lowest BCUT2D eigenvalue weighted by molar-refractivity contribution is -0.125. The van der Waals surface area contributed by atoms with E-state index in [1.807, 2.05) is 79.0 Å². The highest BCUT2D eigenvalue weighted by atomic mass is 16.5. The van der Waals surface area contributed by atoms with Gasteiger partial charge in [0.1, 0.15) is 6.61 Å². The second-order valence-corrected chi connectivity index (χ2v) is 8.18. The quantitative estimate of drug-likeness (QED) is 0.390. The van der Waals surface area contributed by atoms with Crippen molar-refractivity contribution < 1.29 is 14.3 Å². The molecule has 0 spiro atoms. The van der Waals surface area contributed by atoms with Gasteiger partial charge in [-0.3, -0.25) is 9.59 Å². The lowest BCUT2D eigenvalue weighted by atomic mass is 10.1. The first-order chi connectivity index (χ1) is 16.7. The Morgan fingerprint density at radius 2 is 1.85 bits per heavy atom. The van der Waals surface area contributed by atoms with Crippen LogP contribution in [0.1, 0.15) is 15.9 Å². The lowest BCUT2D eigenvalue weighted by Crippen LogP contribution is -2.41. The highest BCUT2D eigenvalue weighted by Crippen LogP contribution is 2.26. The minimum absolute atomic E-state index is 0.0299. The normalized spacial score (nSPS) is 13.8. The molecule has 3 aromatic carbocycles. The number of morpholine rings is 1. The Morgan fingerprint density at radius 3 is 2.71 bits per heavy atom. The molecular formula is C27H26N4O3. The molecule has 7 nitrogen and oxygen atoms in total. The Kier molecular flexibility index (Phi) is 6.27. The maximum atomic E-state index is 12.9. The van der Waals surface area contributed by atoms with Crippen LogP contribution in [0.2, 0.25) is 0 Å². The zero-order chi connectivity index (χ0) is 23.3. The number of carbonyl (C=O) groups is 2. The van der Waals surface area contributed by atoms with Gasteiger partial charge < -0.3 is 25.3 Å². The Hall–Kier alpha value is -4.10. The number of amides is 2. The van der Waals surface area contributed by atoms with Gasteiger partial charge in [0.15, 0.2) is 0 Å². The third kappa shape index (κ3) is 4.65. The summed E-state index contributed by atoms with van der Waals surface area (Å²) in [5.41, 5.74) is 5.25. The molecule has 3 N–H and O–H groups in total. The number of nitrogens with zero attached hydrogens (tertiary/aromatic N) is 1. The number of H-pyrrole nitrogens is 1. The van der Waals surface area contributed by atoms with E-state index in [-0.39, 0.29) is 18.4 Å². The predicted molar refractivity (Wildman–Crippen MR) is 134 cm³/mol. The number of hydrogen-bond donors (Lipinski definition) is 3. The predicted octanol–water partition coefficient (Wildman–Crippen LogP) is 4.25. The van der Waals surface area contributed by atoms with E-state index in [9.17, 15) is 9.59 Å². The van der Waals surface area contributed by atoms with Gasteiger partial charge in [-0.05, 0) is 54.4 Å². The zero-order valence-electron chi connectivity index (χ0n) is 18.7. The van der Waals surface area contributed by atoms with E-state index in [1.54, 1.807) is 4.90 Å². The van der Waals surface area contributed by atoms with Gasteiger partial charge in [0.2, 0.25) is 0 Å². The molecular weight excluding hydrogens is 428 g/mol. The van der Waals surface area contributed by atoms with E-state index in [4.69, 9.17) is 4.74 Å². The molecule has 1 saturated heterocycles. The van der Waals surface area contributed by atoms with E-state index >= 15 is 0 Å². The molecule has 172 valence electrons. The summed E-state index contributed by atoms with van der Waals surface area (Å²) in [5.74, 6) is -0.156. The third-order valence-corrected chi connectivity index (χ3v) is 5.95. The average molecular weight is 455 g/mol. The molecule has 7 heteroatoms. The van der Waals surface area contributed by atoms with Crippen LogP contribution in [0.25, 0.3) is 10.9 Å². The van der Waals surface area contributed by atoms with E-state index in [0.29, 0.717) is 31.7 Å². The Labute approximate surface area is 197 Å². The molecule has 2 heterocycles. The number of nitrogens with one attached hydrogen (secondary N) is 3. The molecule has 1 fully saturated rings. The van der Waals surface area contributed by atoms with Gasteiger partial charge in [-0.2, -0.15) is 0 Å². The topological polar surface area (TPSA) is 86.5 Å².